The van der Waals surface area contributed by atoms with Crippen molar-refractivity contribution in [3.8, 4) is 0 Å². The number of anilines is 2. The summed E-state index contributed by atoms with van der Waals surface area (Å²) in [6, 6.07) is 23.9. The molecule has 2 heterocycles. The van der Waals surface area contributed by atoms with E-state index in [9.17, 15) is 4.79 Å². The lowest BCUT2D eigenvalue weighted by atomic mass is 10.1. The molecule has 0 spiro atoms. The highest BCUT2D eigenvalue weighted by atomic mass is 32.1. The van der Waals surface area contributed by atoms with Crippen molar-refractivity contribution in [1.29, 1.82) is 0 Å². The van der Waals surface area contributed by atoms with E-state index in [1.807, 2.05) is 59.4 Å². The van der Waals surface area contributed by atoms with E-state index < -0.39 is 5.97 Å². The molecule has 0 aliphatic heterocycles. The van der Waals surface area contributed by atoms with Gasteiger partial charge in [-0.1, -0.05) is 60.7 Å². The van der Waals surface area contributed by atoms with Gasteiger partial charge < -0.3 is 15.4 Å². The highest BCUT2D eigenvalue weighted by Crippen LogP contribution is 2.30. The summed E-state index contributed by atoms with van der Waals surface area (Å²) >= 11 is 6.94. The van der Waals surface area contributed by atoms with Crippen LogP contribution in [0.4, 0.5) is 10.8 Å². The smallest absolute Gasteiger partial charge is 0.340 e. The molecule has 0 radical (unpaired) electrons. The molecule has 0 aliphatic carbocycles. The van der Waals surface area contributed by atoms with Crippen molar-refractivity contribution >= 4 is 45.5 Å². The van der Waals surface area contributed by atoms with Gasteiger partial charge in [-0.3, -0.25) is 4.68 Å². The lowest BCUT2D eigenvalue weighted by Crippen LogP contribution is -2.20. The largest absolute Gasteiger partial charge is 0.465 e. The Morgan fingerprint density at radius 2 is 1.72 bits per heavy atom. The summed E-state index contributed by atoms with van der Waals surface area (Å²) in [6.07, 6.45) is 2.61. The number of methoxy groups -OCH3 is 1. The zero-order valence-electron chi connectivity index (χ0n) is 17.4. The van der Waals surface area contributed by atoms with Gasteiger partial charge in [-0.15, -0.1) is 11.3 Å². The van der Waals surface area contributed by atoms with Crippen LogP contribution in [-0.4, -0.2) is 28.0 Å². The van der Waals surface area contributed by atoms with Gasteiger partial charge in [0, 0.05) is 23.6 Å². The van der Waals surface area contributed by atoms with Crippen LogP contribution < -0.4 is 10.6 Å². The lowest BCUT2D eigenvalue weighted by Gasteiger charge is -2.08. The number of esters is 1. The number of benzene rings is 2. The van der Waals surface area contributed by atoms with Gasteiger partial charge in [0.2, 0.25) is 0 Å². The van der Waals surface area contributed by atoms with Crippen molar-refractivity contribution < 1.29 is 9.53 Å². The van der Waals surface area contributed by atoms with Gasteiger partial charge in [0.15, 0.2) is 10.9 Å². The zero-order chi connectivity index (χ0) is 22.3. The predicted molar refractivity (Wildman–Crippen MR) is 133 cm³/mol. The minimum absolute atomic E-state index is 0.355. The van der Waals surface area contributed by atoms with Crippen LogP contribution in [0, 0.1) is 0 Å². The summed E-state index contributed by atoms with van der Waals surface area (Å²) in [5.41, 5.74) is 2.79. The van der Waals surface area contributed by atoms with E-state index in [1.165, 1.54) is 24.0 Å². The first-order chi connectivity index (χ1) is 15.6. The van der Waals surface area contributed by atoms with Crippen LogP contribution in [0.1, 0.15) is 26.4 Å². The maximum Gasteiger partial charge on any atom is 0.340 e. The quantitative estimate of drug-likeness (QED) is 0.291. The Balaban J connectivity index is 1.43. The Labute approximate surface area is 195 Å². The van der Waals surface area contributed by atoms with Crippen molar-refractivity contribution in [1.82, 2.24) is 9.78 Å². The molecule has 0 amide bonds. The fraction of sp³-hybridized carbons (Fsp3) is 0.125. The van der Waals surface area contributed by atoms with Crippen LogP contribution in [-0.2, 0) is 17.7 Å². The van der Waals surface area contributed by atoms with Gasteiger partial charge in [0.25, 0.3) is 0 Å². The number of ether oxygens (including phenoxy) is 1. The molecule has 2 N–H and O–H groups in total. The summed E-state index contributed by atoms with van der Waals surface area (Å²) in [6.45, 7) is 0.670. The first-order valence-corrected chi connectivity index (χ1v) is 11.2. The molecule has 0 bridgehead atoms. The van der Waals surface area contributed by atoms with E-state index in [2.05, 4.69) is 40.0 Å². The van der Waals surface area contributed by atoms with Gasteiger partial charge in [-0.25, -0.2) is 4.79 Å². The van der Waals surface area contributed by atoms with Crippen LogP contribution in [0.3, 0.4) is 0 Å². The summed E-state index contributed by atoms with van der Waals surface area (Å²) < 4.78 is 6.79. The maximum absolute atomic E-state index is 12.3. The van der Waals surface area contributed by atoms with Crippen LogP contribution in [0.5, 0.6) is 0 Å². The van der Waals surface area contributed by atoms with Crippen LogP contribution in [0.25, 0.3) is 0 Å². The Morgan fingerprint density at radius 1 is 1.03 bits per heavy atom. The zero-order valence-corrected chi connectivity index (χ0v) is 19.1. The molecule has 2 aromatic heterocycles. The number of hydrogen-bond donors (Lipinski definition) is 2. The molecule has 0 unspecified atom stereocenters. The molecule has 0 saturated carbocycles. The predicted octanol–water partition coefficient (Wildman–Crippen LogP) is 5.18. The molecule has 0 atom stereocenters. The van der Waals surface area contributed by atoms with Crippen LogP contribution in [0.2, 0.25) is 0 Å². The van der Waals surface area contributed by atoms with E-state index in [4.69, 9.17) is 17.0 Å². The van der Waals surface area contributed by atoms with Gasteiger partial charge in [-0.05, 0) is 29.4 Å². The van der Waals surface area contributed by atoms with E-state index >= 15 is 0 Å². The Bertz CT molecular complexity index is 1200. The number of hydrogen-bond acceptors (Lipinski definition) is 5. The van der Waals surface area contributed by atoms with Crippen LogP contribution >= 0.6 is 23.6 Å². The topological polar surface area (TPSA) is 68.2 Å². The third-order valence-corrected chi connectivity index (χ3v) is 5.96. The molecule has 4 rings (SSSR count). The Morgan fingerprint density at radius 3 is 2.41 bits per heavy atom. The Kier molecular flexibility index (Phi) is 6.94. The number of carbonyl (C=O) groups is 1. The van der Waals surface area contributed by atoms with E-state index in [0.29, 0.717) is 28.0 Å². The second kappa shape index (κ2) is 10.2. The molecule has 8 heteroatoms. The second-order valence-corrected chi connectivity index (χ2v) is 8.62. The van der Waals surface area contributed by atoms with Gasteiger partial charge in [-0.2, -0.15) is 5.10 Å². The van der Waals surface area contributed by atoms with Crippen molar-refractivity contribution in [3.63, 3.8) is 0 Å². The minimum Gasteiger partial charge on any atom is -0.465 e. The van der Waals surface area contributed by atoms with E-state index in [-0.39, 0.29) is 0 Å². The van der Waals surface area contributed by atoms with Crippen LogP contribution in [0.15, 0.2) is 79.0 Å². The first kappa shape index (κ1) is 21.7. The molecule has 0 aliphatic rings. The maximum atomic E-state index is 12.3. The Hall–Kier alpha value is -3.49. The lowest BCUT2D eigenvalue weighted by molar-refractivity contribution is 0.0602. The van der Waals surface area contributed by atoms with Gasteiger partial charge in [0.05, 0.1) is 19.2 Å². The van der Waals surface area contributed by atoms with Gasteiger partial charge >= 0.3 is 5.97 Å². The molecule has 4 aromatic rings. The highest BCUT2D eigenvalue weighted by molar-refractivity contribution is 7.80. The normalized spacial score (nSPS) is 10.5. The molecule has 0 fully saturated rings. The molecule has 2 aromatic carbocycles. The van der Waals surface area contributed by atoms with Crippen molar-refractivity contribution in [2.75, 3.05) is 17.7 Å². The van der Waals surface area contributed by atoms with Crippen molar-refractivity contribution in [3.05, 3.63) is 101 Å². The fourth-order valence-corrected chi connectivity index (χ4v) is 4.57. The average molecular weight is 463 g/mol. The molecule has 162 valence electrons. The minimum atomic E-state index is -0.405. The fourth-order valence-electron chi connectivity index (χ4n) is 3.22. The second-order valence-electron chi connectivity index (χ2n) is 7.07. The number of aromatic nitrogens is 2. The number of thiophene rings is 1. The monoisotopic (exact) mass is 462 g/mol. The molecule has 0 saturated heterocycles. The van der Waals surface area contributed by atoms with E-state index in [1.54, 1.807) is 0 Å². The van der Waals surface area contributed by atoms with E-state index in [0.717, 1.165) is 16.9 Å². The first-order valence-electron chi connectivity index (χ1n) is 10.0. The summed E-state index contributed by atoms with van der Waals surface area (Å²) in [7, 11) is 1.37. The summed E-state index contributed by atoms with van der Waals surface area (Å²) in [5.74, 6) is 0.220. The molecular formula is C24H22N4O2S2. The number of nitrogens with one attached hydrogen (secondary N) is 2. The number of carbonyl (C=O) groups excluding carboxylic acids is 1. The highest BCUT2D eigenvalue weighted by Gasteiger charge is 2.18. The average Bonchev–Trinajstić information content (AvgIpc) is 3.41. The summed E-state index contributed by atoms with van der Waals surface area (Å²) in [4.78, 5) is 13.3. The van der Waals surface area contributed by atoms with Crippen molar-refractivity contribution in [2.24, 2.45) is 0 Å². The molecular weight excluding hydrogens is 440 g/mol. The third-order valence-electron chi connectivity index (χ3n) is 4.71. The molecule has 6 nitrogen and oxygen atoms in total. The molecule has 32 heavy (non-hydrogen) atoms. The third kappa shape index (κ3) is 5.60. The summed E-state index contributed by atoms with van der Waals surface area (Å²) in [5, 5.41) is 11.7. The van der Waals surface area contributed by atoms with Crippen molar-refractivity contribution in [2.45, 2.75) is 13.0 Å². The SMILES string of the molecule is COC(=O)c1cc(Cc2ccccc2)sc1NC(=S)Nc1ccn(Cc2ccccc2)n1. The number of thiocarbonyl (C=S) groups is 1. The number of nitrogens with zero attached hydrogens (tertiary/aromatic N) is 2. The number of rotatable bonds is 7. The standard InChI is InChI=1S/C24H22N4O2S2/c1-30-23(29)20-15-19(14-17-8-4-2-5-9-17)32-22(20)26-24(31)25-21-12-13-28(27-21)16-18-10-6-3-7-11-18/h2-13,15H,14,16H2,1H3,(H2,25,26,27,31). The van der Waals surface area contributed by atoms with Gasteiger partial charge in [0.1, 0.15) is 5.00 Å².